The lowest BCUT2D eigenvalue weighted by Gasteiger charge is -2.40. The molecule has 9 heteroatoms. The number of nitrogens with zero attached hydrogens (tertiary/aromatic N) is 2. The van der Waals surface area contributed by atoms with Crippen LogP contribution in [0.1, 0.15) is 50.7 Å². The van der Waals surface area contributed by atoms with Gasteiger partial charge in [-0.25, -0.2) is 4.79 Å². The molecule has 1 unspecified atom stereocenters. The molecule has 2 fully saturated rings. The van der Waals surface area contributed by atoms with E-state index in [9.17, 15) is 9.59 Å². The third kappa shape index (κ3) is 4.30. The van der Waals surface area contributed by atoms with Gasteiger partial charge in [0.2, 0.25) is 0 Å². The summed E-state index contributed by atoms with van der Waals surface area (Å²) in [5.74, 6) is -0.138. The van der Waals surface area contributed by atoms with Crippen LogP contribution in [-0.2, 0) is 13.9 Å². The minimum atomic E-state index is -2.09. The maximum Gasteiger partial charge on any atom is 0.351 e. The lowest BCUT2D eigenvalue weighted by Crippen LogP contribution is -2.51. The van der Waals surface area contributed by atoms with E-state index < -0.39 is 31.9 Å². The Morgan fingerprint density at radius 1 is 1.27 bits per heavy atom. The quantitative estimate of drug-likeness (QED) is 0.641. The van der Waals surface area contributed by atoms with Crippen LogP contribution < -0.4 is 11.0 Å². The number of carbonyl (C=O) groups excluding carboxylic acids is 1. The Bertz CT molecular complexity index is 1080. The van der Waals surface area contributed by atoms with Crippen LogP contribution in [0, 0.1) is 0 Å². The zero-order chi connectivity index (χ0) is 24.0. The summed E-state index contributed by atoms with van der Waals surface area (Å²) in [4.78, 5) is 29.4. The standard InChI is InChI=1S/C24H33N3O5Si/c1-7-24-15-30-18(19(24)32-33(5,6)23(2,3)4)21(31-24)27-14-13-17(26-22(27)29)25-20(28)16-11-9-8-10-12-16/h8-14,18-19,21H,7,15H2,1-6H3,(H,25,26,28,29)/t18?,19-,21-,24-/m1/s1. The highest BCUT2D eigenvalue weighted by molar-refractivity contribution is 6.74. The number of hydrogen-bond acceptors (Lipinski definition) is 6. The fourth-order valence-electron chi connectivity index (χ4n) is 4.07. The number of amides is 1. The van der Waals surface area contributed by atoms with Gasteiger partial charge in [0.25, 0.3) is 5.91 Å². The molecule has 2 aliphatic rings. The Morgan fingerprint density at radius 3 is 2.58 bits per heavy atom. The van der Waals surface area contributed by atoms with Crippen molar-refractivity contribution in [1.29, 1.82) is 0 Å². The molecule has 33 heavy (non-hydrogen) atoms. The van der Waals surface area contributed by atoms with Crippen molar-refractivity contribution in [3.05, 3.63) is 58.6 Å². The summed E-state index contributed by atoms with van der Waals surface area (Å²) in [6.45, 7) is 13.5. The van der Waals surface area contributed by atoms with Gasteiger partial charge in [-0.15, -0.1) is 0 Å². The molecule has 1 N–H and O–H groups in total. The van der Waals surface area contributed by atoms with Crippen molar-refractivity contribution < 1.29 is 18.7 Å². The van der Waals surface area contributed by atoms with Crippen LogP contribution in [0.3, 0.4) is 0 Å². The van der Waals surface area contributed by atoms with Crippen LogP contribution in [-0.4, -0.2) is 48.2 Å². The topological polar surface area (TPSA) is 91.7 Å². The Kier molecular flexibility index (Phi) is 6.11. The third-order valence-electron chi connectivity index (χ3n) is 7.18. The van der Waals surface area contributed by atoms with Crippen molar-refractivity contribution in [2.75, 3.05) is 11.9 Å². The average molecular weight is 472 g/mol. The zero-order valence-corrected chi connectivity index (χ0v) is 21.1. The first-order valence-electron chi connectivity index (χ1n) is 11.4. The molecule has 0 aliphatic carbocycles. The van der Waals surface area contributed by atoms with Crippen molar-refractivity contribution in [2.24, 2.45) is 0 Å². The molecule has 2 aromatic rings. The number of ether oxygens (including phenoxy) is 2. The minimum absolute atomic E-state index is 0.0382. The molecule has 4 atom stereocenters. The van der Waals surface area contributed by atoms with Crippen LogP contribution in [0.4, 0.5) is 5.82 Å². The van der Waals surface area contributed by atoms with Gasteiger partial charge in [0.05, 0.1) is 6.61 Å². The third-order valence-corrected chi connectivity index (χ3v) is 11.6. The fraction of sp³-hybridized carbons (Fsp3) is 0.542. The Hall–Kier alpha value is -2.33. The first-order chi connectivity index (χ1) is 15.5. The van der Waals surface area contributed by atoms with Gasteiger partial charge in [0, 0.05) is 11.8 Å². The predicted molar refractivity (Wildman–Crippen MR) is 128 cm³/mol. The normalized spacial score (nSPS) is 27.0. The predicted octanol–water partition coefficient (Wildman–Crippen LogP) is 3.96. The van der Waals surface area contributed by atoms with Crippen molar-refractivity contribution in [3.63, 3.8) is 0 Å². The molecule has 0 saturated carbocycles. The Morgan fingerprint density at radius 2 is 1.97 bits per heavy atom. The maximum absolute atomic E-state index is 12.9. The van der Waals surface area contributed by atoms with Crippen molar-refractivity contribution in [2.45, 2.75) is 76.3 Å². The molecule has 3 heterocycles. The molecule has 2 bridgehead atoms. The van der Waals surface area contributed by atoms with Gasteiger partial charge in [0.1, 0.15) is 23.6 Å². The van der Waals surface area contributed by atoms with Crippen LogP contribution in [0.2, 0.25) is 18.1 Å². The number of carbonyl (C=O) groups is 1. The highest BCUT2D eigenvalue weighted by atomic mass is 28.4. The monoisotopic (exact) mass is 471 g/mol. The van der Waals surface area contributed by atoms with E-state index in [1.165, 1.54) is 4.57 Å². The number of aromatic nitrogens is 2. The molecule has 0 radical (unpaired) electrons. The molecular formula is C24H33N3O5Si. The van der Waals surface area contributed by atoms with E-state index in [1.54, 1.807) is 36.5 Å². The van der Waals surface area contributed by atoms with E-state index in [2.05, 4.69) is 51.1 Å². The van der Waals surface area contributed by atoms with E-state index >= 15 is 0 Å². The van der Waals surface area contributed by atoms with Gasteiger partial charge < -0.3 is 19.2 Å². The van der Waals surface area contributed by atoms with E-state index in [0.29, 0.717) is 18.6 Å². The second-order valence-electron chi connectivity index (χ2n) is 10.3. The van der Waals surface area contributed by atoms with Crippen LogP contribution >= 0.6 is 0 Å². The summed E-state index contributed by atoms with van der Waals surface area (Å²) in [5, 5.41) is 2.71. The number of hydrogen-bond donors (Lipinski definition) is 1. The van der Waals surface area contributed by atoms with Crippen LogP contribution in [0.5, 0.6) is 0 Å². The van der Waals surface area contributed by atoms with Gasteiger partial charge in [-0.1, -0.05) is 45.9 Å². The van der Waals surface area contributed by atoms with E-state index in [4.69, 9.17) is 13.9 Å². The first kappa shape index (κ1) is 23.8. The molecule has 4 rings (SSSR count). The van der Waals surface area contributed by atoms with Gasteiger partial charge in [-0.2, -0.15) is 4.98 Å². The molecule has 2 aliphatic heterocycles. The van der Waals surface area contributed by atoms with Gasteiger partial charge in [-0.05, 0) is 42.8 Å². The van der Waals surface area contributed by atoms with E-state index in [-0.39, 0.29) is 22.9 Å². The first-order valence-corrected chi connectivity index (χ1v) is 14.3. The summed E-state index contributed by atoms with van der Waals surface area (Å²) in [7, 11) is -2.09. The molecule has 1 aromatic heterocycles. The van der Waals surface area contributed by atoms with E-state index in [0.717, 1.165) is 0 Å². The van der Waals surface area contributed by atoms with E-state index in [1.807, 2.05) is 6.07 Å². The number of nitrogens with one attached hydrogen (secondary N) is 1. The largest absolute Gasteiger partial charge is 0.408 e. The summed E-state index contributed by atoms with van der Waals surface area (Å²) in [6, 6.07) is 10.4. The average Bonchev–Trinajstić information content (AvgIpc) is 3.25. The second kappa shape index (κ2) is 8.46. The number of benzene rings is 1. The van der Waals surface area contributed by atoms with Gasteiger partial charge in [0.15, 0.2) is 14.5 Å². The molecule has 8 nitrogen and oxygen atoms in total. The van der Waals surface area contributed by atoms with Crippen molar-refractivity contribution in [1.82, 2.24) is 9.55 Å². The molecule has 1 aromatic carbocycles. The highest BCUT2D eigenvalue weighted by Crippen LogP contribution is 2.50. The summed E-state index contributed by atoms with van der Waals surface area (Å²) < 4.78 is 20.7. The molecule has 178 valence electrons. The van der Waals surface area contributed by atoms with Crippen molar-refractivity contribution >= 4 is 20.0 Å². The zero-order valence-electron chi connectivity index (χ0n) is 20.1. The number of anilines is 1. The number of fused-ring (bicyclic) bond motifs is 2. The lowest BCUT2D eigenvalue weighted by molar-refractivity contribution is -0.175. The van der Waals surface area contributed by atoms with Gasteiger partial charge >= 0.3 is 5.69 Å². The summed E-state index contributed by atoms with van der Waals surface area (Å²) in [6.07, 6.45) is 1.03. The SMILES string of the molecule is CC[C@]12COC([C@H](n3ccc(NC(=O)c4ccccc4)nc3=O)O1)[C@H]2O[Si](C)(C)C(C)(C)C. The molecule has 0 spiro atoms. The minimum Gasteiger partial charge on any atom is -0.408 e. The Labute approximate surface area is 195 Å². The molecular weight excluding hydrogens is 438 g/mol. The highest BCUT2D eigenvalue weighted by Gasteiger charge is 2.63. The van der Waals surface area contributed by atoms with Crippen LogP contribution in [0.15, 0.2) is 47.4 Å². The van der Waals surface area contributed by atoms with Gasteiger partial charge in [-0.3, -0.25) is 9.36 Å². The molecule has 2 saturated heterocycles. The smallest absolute Gasteiger partial charge is 0.351 e. The molecule has 1 amide bonds. The second-order valence-corrected chi connectivity index (χ2v) is 15.1. The number of rotatable bonds is 6. The fourth-order valence-corrected chi connectivity index (χ4v) is 5.41. The lowest BCUT2D eigenvalue weighted by atomic mass is 9.96. The maximum atomic E-state index is 12.9. The summed E-state index contributed by atoms with van der Waals surface area (Å²) in [5.41, 5.74) is -0.618. The Balaban J connectivity index is 1.56. The summed E-state index contributed by atoms with van der Waals surface area (Å²) >= 11 is 0. The van der Waals surface area contributed by atoms with Crippen LogP contribution in [0.25, 0.3) is 0 Å². The van der Waals surface area contributed by atoms with Crippen molar-refractivity contribution in [3.8, 4) is 0 Å².